The Hall–Kier alpha value is -2.39. The first-order valence-corrected chi connectivity index (χ1v) is 10.1. The Labute approximate surface area is 161 Å². The molecule has 0 unspecified atom stereocenters. The molecule has 5 nitrogen and oxygen atoms in total. The van der Waals surface area contributed by atoms with Crippen LogP contribution in [0.3, 0.4) is 0 Å². The predicted octanol–water partition coefficient (Wildman–Crippen LogP) is 3.45. The van der Waals surface area contributed by atoms with Crippen molar-refractivity contribution >= 4 is 21.6 Å². The molecule has 150 valence electrons. The van der Waals surface area contributed by atoms with Crippen molar-refractivity contribution in [2.45, 2.75) is 24.7 Å². The molecule has 28 heavy (non-hydrogen) atoms. The standard InChI is InChI=1S/C19H19F3N2O3S/c1-12-2-5-18(17(22)10-12)23-19(25)13-6-8-24(9-7-13)28(26,27)14-3-4-15(20)16(21)11-14/h2-5,10-11,13H,6-9H2,1H3,(H,23,25). The van der Waals surface area contributed by atoms with Gasteiger partial charge in [-0.1, -0.05) is 6.07 Å². The number of rotatable bonds is 4. The number of hydrogen-bond donors (Lipinski definition) is 1. The van der Waals surface area contributed by atoms with Gasteiger partial charge < -0.3 is 5.32 Å². The summed E-state index contributed by atoms with van der Waals surface area (Å²) in [5.41, 5.74) is 0.804. The molecule has 1 saturated heterocycles. The number of amides is 1. The number of sulfonamides is 1. The number of carbonyl (C=O) groups excluding carboxylic acids is 1. The van der Waals surface area contributed by atoms with Crippen molar-refractivity contribution in [2.75, 3.05) is 18.4 Å². The lowest BCUT2D eigenvalue weighted by Gasteiger charge is -2.30. The molecule has 3 rings (SSSR count). The lowest BCUT2D eigenvalue weighted by atomic mass is 9.97. The second kappa shape index (κ2) is 7.92. The molecule has 0 aromatic heterocycles. The van der Waals surface area contributed by atoms with Gasteiger partial charge in [-0.3, -0.25) is 4.79 Å². The van der Waals surface area contributed by atoms with E-state index in [-0.39, 0.29) is 42.4 Å². The lowest BCUT2D eigenvalue weighted by Crippen LogP contribution is -2.41. The number of hydrogen-bond acceptors (Lipinski definition) is 3. The average molecular weight is 412 g/mol. The molecule has 0 aliphatic carbocycles. The van der Waals surface area contributed by atoms with Crippen LogP contribution in [0.1, 0.15) is 18.4 Å². The number of piperidine rings is 1. The summed E-state index contributed by atoms with van der Waals surface area (Å²) in [5.74, 6) is -3.76. The van der Waals surface area contributed by atoms with E-state index in [0.717, 1.165) is 22.0 Å². The number of carbonyl (C=O) groups is 1. The Bertz CT molecular complexity index is 1000. The molecule has 0 radical (unpaired) electrons. The van der Waals surface area contributed by atoms with Crippen LogP contribution in [0.25, 0.3) is 0 Å². The van der Waals surface area contributed by atoms with Crippen molar-refractivity contribution in [3.8, 4) is 0 Å². The zero-order valence-corrected chi connectivity index (χ0v) is 15.9. The zero-order chi connectivity index (χ0) is 20.5. The van der Waals surface area contributed by atoms with E-state index in [1.54, 1.807) is 13.0 Å². The van der Waals surface area contributed by atoms with Crippen molar-refractivity contribution in [1.29, 1.82) is 0 Å². The molecule has 0 atom stereocenters. The van der Waals surface area contributed by atoms with E-state index in [1.807, 2.05) is 0 Å². The maximum Gasteiger partial charge on any atom is 0.243 e. The molecule has 1 N–H and O–H groups in total. The first-order chi connectivity index (χ1) is 13.2. The minimum absolute atomic E-state index is 0.0514. The maximum absolute atomic E-state index is 13.9. The molecule has 9 heteroatoms. The molecule has 1 amide bonds. The summed E-state index contributed by atoms with van der Waals surface area (Å²) in [6.45, 7) is 1.84. The van der Waals surface area contributed by atoms with Gasteiger partial charge in [-0.25, -0.2) is 21.6 Å². The lowest BCUT2D eigenvalue weighted by molar-refractivity contribution is -0.120. The van der Waals surface area contributed by atoms with Crippen molar-refractivity contribution in [2.24, 2.45) is 5.92 Å². The Morgan fingerprint density at radius 3 is 2.29 bits per heavy atom. The highest BCUT2D eigenvalue weighted by Crippen LogP contribution is 2.26. The monoisotopic (exact) mass is 412 g/mol. The summed E-state index contributed by atoms with van der Waals surface area (Å²) in [4.78, 5) is 12.0. The first-order valence-electron chi connectivity index (χ1n) is 8.70. The molecular weight excluding hydrogens is 393 g/mol. The fourth-order valence-electron chi connectivity index (χ4n) is 3.10. The predicted molar refractivity (Wildman–Crippen MR) is 97.6 cm³/mol. The number of nitrogens with zero attached hydrogens (tertiary/aromatic N) is 1. The summed E-state index contributed by atoms with van der Waals surface area (Å²) >= 11 is 0. The number of benzene rings is 2. The number of halogens is 3. The molecule has 0 spiro atoms. The topological polar surface area (TPSA) is 66.5 Å². The summed E-state index contributed by atoms with van der Waals surface area (Å²) < 4.78 is 66.6. The number of aryl methyl sites for hydroxylation is 1. The van der Waals surface area contributed by atoms with E-state index in [4.69, 9.17) is 0 Å². The van der Waals surface area contributed by atoms with Gasteiger partial charge in [0.1, 0.15) is 5.82 Å². The van der Waals surface area contributed by atoms with Crippen molar-refractivity contribution < 1.29 is 26.4 Å². The van der Waals surface area contributed by atoms with E-state index < -0.39 is 33.4 Å². The van der Waals surface area contributed by atoms with Gasteiger partial charge >= 0.3 is 0 Å². The largest absolute Gasteiger partial charge is 0.323 e. The van der Waals surface area contributed by atoms with Crippen LogP contribution in [0.2, 0.25) is 0 Å². The van der Waals surface area contributed by atoms with Crippen LogP contribution in [0.4, 0.5) is 18.9 Å². The highest BCUT2D eigenvalue weighted by atomic mass is 32.2. The normalized spacial score (nSPS) is 16.1. The van der Waals surface area contributed by atoms with Crippen LogP contribution in [-0.2, 0) is 14.8 Å². The number of anilines is 1. The molecular formula is C19H19F3N2O3S. The van der Waals surface area contributed by atoms with E-state index in [0.29, 0.717) is 6.07 Å². The Morgan fingerprint density at radius 1 is 1.00 bits per heavy atom. The van der Waals surface area contributed by atoms with Crippen LogP contribution in [0, 0.1) is 30.3 Å². The summed E-state index contributed by atoms with van der Waals surface area (Å²) in [7, 11) is -3.99. The Balaban J connectivity index is 1.64. The van der Waals surface area contributed by atoms with E-state index >= 15 is 0 Å². The summed E-state index contributed by atoms with van der Waals surface area (Å²) in [6.07, 6.45) is 0.477. The molecule has 1 aliphatic heterocycles. The third kappa shape index (κ3) is 4.20. The molecule has 2 aromatic rings. The van der Waals surface area contributed by atoms with E-state index in [9.17, 15) is 26.4 Å². The van der Waals surface area contributed by atoms with Crippen molar-refractivity contribution in [3.63, 3.8) is 0 Å². The minimum atomic E-state index is -3.99. The highest BCUT2D eigenvalue weighted by Gasteiger charge is 2.32. The van der Waals surface area contributed by atoms with Crippen LogP contribution >= 0.6 is 0 Å². The SMILES string of the molecule is Cc1ccc(NC(=O)C2CCN(S(=O)(=O)c3ccc(F)c(F)c3)CC2)c(F)c1. The second-order valence-electron chi connectivity index (χ2n) is 6.73. The molecule has 0 bridgehead atoms. The van der Waals surface area contributed by atoms with E-state index in [2.05, 4.69) is 5.32 Å². The molecule has 1 fully saturated rings. The van der Waals surface area contributed by atoms with Gasteiger partial charge in [-0.15, -0.1) is 0 Å². The van der Waals surface area contributed by atoms with Gasteiger partial charge in [-0.2, -0.15) is 4.31 Å². The Kier molecular flexibility index (Phi) is 5.76. The maximum atomic E-state index is 13.9. The smallest absolute Gasteiger partial charge is 0.243 e. The third-order valence-corrected chi connectivity index (χ3v) is 6.63. The van der Waals surface area contributed by atoms with Crippen LogP contribution in [-0.4, -0.2) is 31.7 Å². The van der Waals surface area contributed by atoms with Gasteiger partial charge in [0, 0.05) is 19.0 Å². The summed E-state index contributed by atoms with van der Waals surface area (Å²) in [5, 5.41) is 2.53. The van der Waals surface area contributed by atoms with Crippen molar-refractivity contribution in [3.05, 3.63) is 59.4 Å². The van der Waals surface area contributed by atoms with Gasteiger partial charge in [-0.05, 0) is 55.7 Å². The first kappa shape index (κ1) is 20.3. The molecule has 1 heterocycles. The fourth-order valence-corrected chi connectivity index (χ4v) is 4.58. The Morgan fingerprint density at radius 2 is 1.68 bits per heavy atom. The molecule has 2 aromatic carbocycles. The highest BCUT2D eigenvalue weighted by molar-refractivity contribution is 7.89. The average Bonchev–Trinajstić information content (AvgIpc) is 2.66. The van der Waals surface area contributed by atoms with Gasteiger partial charge in [0.05, 0.1) is 10.6 Å². The fraction of sp³-hybridized carbons (Fsp3) is 0.316. The van der Waals surface area contributed by atoms with Crippen LogP contribution < -0.4 is 5.32 Å². The number of nitrogens with one attached hydrogen (secondary N) is 1. The van der Waals surface area contributed by atoms with E-state index in [1.165, 1.54) is 12.1 Å². The van der Waals surface area contributed by atoms with Crippen LogP contribution in [0.5, 0.6) is 0 Å². The van der Waals surface area contributed by atoms with Gasteiger partial charge in [0.15, 0.2) is 11.6 Å². The zero-order valence-electron chi connectivity index (χ0n) is 15.1. The molecule has 0 saturated carbocycles. The second-order valence-corrected chi connectivity index (χ2v) is 8.66. The van der Waals surface area contributed by atoms with Crippen LogP contribution in [0.15, 0.2) is 41.3 Å². The van der Waals surface area contributed by atoms with Crippen molar-refractivity contribution in [1.82, 2.24) is 4.31 Å². The third-order valence-electron chi connectivity index (χ3n) is 4.74. The summed E-state index contributed by atoms with van der Waals surface area (Å²) in [6, 6.07) is 6.88. The van der Waals surface area contributed by atoms with Gasteiger partial charge in [0.2, 0.25) is 15.9 Å². The minimum Gasteiger partial charge on any atom is -0.323 e. The quantitative estimate of drug-likeness (QED) is 0.837. The van der Waals surface area contributed by atoms with Gasteiger partial charge in [0.25, 0.3) is 0 Å². The molecule has 1 aliphatic rings.